The Morgan fingerprint density at radius 1 is 1.47 bits per heavy atom. The first-order chi connectivity index (χ1) is 7.29. The summed E-state index contributed by atoms with van der Waals surface area (Å²) in [6.45, 7) is 0. The molecule has 0 atom stereocenters. The molecule has 0 radical (unpaired) electrons. The number of nitrogens with two attached hydrogens (primary N) is 1. The van der Waals surface area contributed by atoms with Gasteiger partial charge in [-0.1, -0.05) is 12.1 Å². The molecule has 0 spiro atoms. The summed E-state index contributed by atoms with van der Waals surface area (Å²) in [6.07, 6.45) is 1.03. The number of nitrogens with one attached hydrogen (secondary N) is 1. The van der Waals surface area contributed by atoms with Gasteiger partial charge in [-0.25, -0.2) is 10.8 Å². The Balaban J connectivity index is 2.12. The lowest BCUT2D eigenvalue weighted by Crippen LogP contribution is -2.30. The molecule has 5 heteroatoms. The summed E-state index contributed by atoms with van der Waals surface area (Å²) >= 11 is 1.62. The Morgan fingerprint density at radius 3 is 3.00 bits per heavy atom. The standard InChI is InChI=1S/C10H11N3OS/c11-13-9(14)5-6-10-12-7-3-1-2-4-8(7)15-10/h1-4H,5-6,11H2,(H,13,14). The third-order valence-corrected chi connectivity index (χ3v) is 3.16. The summed E-state index contributed by atoms with van der Waals surface area (Å²) in [7, 11) is 0. The Kier molecular flexibility index (Phi) is 2.94. The number of hydrogen-bond acceptors (Lipinski definition) is 4. The molecule has 0 fully saturated rings. The maximum atomic E-state index is 10.9. The molecule has 2 rings (SSSR count). The van der Waals surface area contributed by atoms with Gasteiger partial charge in [0.15, 0.2) is 0 Å². The first-order valence-corrected chi connectivity index (χ1v) is 5.45. The van der Waals surface area contributed by atoms with Crippen molar-refractivity contribution >= 4 is 27.5 Å². The summed E-state index contributed by atoms with van der Waals surface area (Å²) in [4.78, 5) is 15.4. The van der Waals surface area contributed by atoms with E-state index >= 15 is 0 Å². The zero-order chi connectivity index (χ0) is 10.7. The number of hydrogen-bond donors (Lipinski definition) is 2. The van der Waals surface area contributed by atoms with Crippen LogP contribution in [0.3, 0.4) is 0 Å². The van der Waals surface area contributed by atoms with Gasteiger partial charge in [-0.15, -0.1) is 11.3 Å². The number of fused-ring (bicyclic) bond motifs is 1. The van der Waals surface area contributed by atoms with E-state index < -0.39 is 0 Å². The molecule has 1 aromatic carbocycles. The van der Waals surface area contributed by atoms with Crippen LogP contribution in [0.5, 0.6) is 0 Å². The van der Waals surface area contributed by atoms with E-state index in [9.17, 15) is 4.79 Å². The quantitative estimate of drug-likeness (QED) is 0.465. The van der Waals surface area contributed by atoms with E-state index in [2.05, 4.69) is 10.4 Å². The van der Waals surface area contributed by atoms with Crippen LogP contribution < -0.4 is 11.3 Å². The molecule has 0 unspecified atom stereocenters. The number of carbonyl (C=O) groups excluding carboxylic acids is 1. The molecule has 0 aliphatic rings. The van der Waals surface area contributed by atoms with Crippen molar-refractivity contribution in [2.45, 2.75) is 12.8 Å². The molecule has 3 N–H and O–H groups in total. The van der Waals surface area contributed by atoms with Crippen LogP contribution in [0, 0.1) is 0 Å². The maximum absolute atomic E-state index is 10.9. The van der Waals surface area contributed by atoms with Gasteiger partial charge in [0, 0.05) is 12.8 Å². The lowest BCUT2D eigenvalue weighted by molar-refractivity contribution is -0.121. The van der Waals surface area contributed by atoms with E-state index in [1.807, 2.05) is 24.3 Å². The number of para-hydroxylation sites is 1. The van der Waals surface area contributed by atoms with Gasteiger partial charge >= 0.3 is 0 Å². The Morgan fingerprint density at radius 2 is 2.27 bits per heavy atom. The number of aryl methyl sites for hydroxylation is 1. The van der Waals surface area contributed by atoms with Crippen LogP contribution in [-0.2, 0) is 11.2 Å². The zero-order valence-electron chi connectivity index (χ0n) is 8.06. The molecule has 0 aliphatic heterocycles. The van der Waals surface area contributed by atoms with Crippen LogP contribution in [0.2, 0.25) is 0 Å². The number of hydrazine groups is 1. The van der Waals surface area contributed by atoms with Crippen molar-refractivity contribution in [3.05, 3.63) is 29.3 Å². The lowest BCUT2D eigenvalue weighted by atomic mass is 10.3. The van der Waals surface area contributed by atoms with Gasteiger partial charge in [0.2, 0.25) is 5.91 Å². The topological polar surface area (TPSA) is 68.0 Å². The van der Waals surface area contributed by atoms with E-state index in [0.29, 0.717) is 12.8 Å². The first-order valence-electron chi connectivity index (χ1n) is 4.63. The number of carbonyl (C=O) groups is 1. The molecule has 0 saturated carbocycles. The number of benzene rings is 1. The molecule has 15 heavy (non-hydrogen) atoms. The van der Waals surface area contributed by atoms with Gasteiger partial charge in [0.25, 0.3) is 0 Å². The molecule has 1 aromatic heterocycles. The first kappa shape index (κ1) is 10.1. The van der Waals surface area contributed by atoms with Gasteiger partial charge in [-0.3, -0.25) is 10.2 Å². The average molecular weight is 221 g/mol. The Bertz CT molecular complexity index is 447. The van der Waals surface area contributed by atoms with Gasteiger partial charge in [-0.2, -0.15) is 0 Å². The Labute approximate surface area is 91.1 Å². The molecule has 0 aliphatic carbocycles. The minimum Gasteiger partial charge on any atom is -0.294 e. The molecular formula is C10H11N3OS. The fraction of sp³-hybridized carbons (Fsp3) is 0.200. The van der Waals surface area contributed by atoms with Gasteiger partial charge < -0.3 is 0 Å². The molecule has 0 bridgehead atoms. The number of nitrogens with zero attached hydrogens (tertiary/aromatic N) is 1. The molecule has 1 amide bonds. The van der Waals surface area contributed by atoms with E-state index in [4.69, 9.17) is 5.84 Å². The monoisotopic (exact) mass is 221 g/mol. The van der Waals surface area contributed by atoms with Crippen molar-refractivity contribution in [1.82, 2.24) is 10.4 Å². The summed E-state index contributed by atoms with van der Waals surface area (Å²) in [5.74, 6) is 4.84. The third-order valence-electron chi connectivity index (χ3n) is 2.07. The molecule has 4 nitrogen and oxygen atoms in total. The second-order valence-corrected chi connectivity index (χ2v) is 4.26. The summed E-state index contributed by atoms with van der Waals surface area (Å²) < 4.78 is 1.15. The molecule has 78 valence electrons. The van der Waals surface area contributed by atoms with Crippen LogP contribution in [0.25, 0.3) is 10.2 Å². The smallest absolute Gasteiger partial charge is 0.234 e. The summed E-state index contributed by atoms with van der Waals surface area (Å²) in [5.41, 5.74) is 3.10. The molecule has 2 aromatic rings. The normalized spacial score (nSPS) is 10.5. The number of amides is 1. The van der Waals surface area contributed by atoms with Crippen molar-refractivity contribution in [2.75, 3.05) is 0 Å². The maximum Gasteiger partial charge on any atom is 0.234 e. The Hall–Kier alpha value is -1.46. The fourth-order valence-corrected chi connectivity index (χ4v) is 2.29. The number of thiazole rings is 1. The fourth-order valence-electron chi connectivity index (χ4n) is 1.32. The van der Waals surface area contributed by atoms with Crippen LogP contribution in [0.15, 0.2) is 24.3 Å². The van der Waals surface area contributed by atoms with Crippen molar-refractivity contribution in [3.8, 4) is 0 Å². The molecule has 1 heterocycles. The predicted octanol–water partition coefficient (Wildman–Crippen LogP) is 1.22. The number of aromatic nitrogens is 1. The molecular weight excluding hydrogens is 210 g/mol. The lowest BCUT2D eigenvalue weighted by Gasteiger charge is -1.95. The molecule has 0 saturated heterocycles. The van der Waals surface area contributed by atoms with Crippen molar-refractivity contribution in [1.29, 1.82) is 0 Å². The predicted molar refractivity (Wildman–Crippen MR) is 60.3 cm³/mol. The highest BCUT2D eigenvalue weighted by Crippen LogP contribution is 2.22. The van der Waals surface area contributed by atoms with Crippen molar-refractivity contribution in [3.63, 3.8) is 0 Å². The van der Waals surface area contributed by atoms with E-state index in [1.165, 1.54) is 0 Å². The van der Waals surface area contributed by atoms with Gasteiger partial charge in [-0.05, 0) is 12.1 Å². The van der Waals surface area contributed by atoms with Crippen molar-refractivity contribution in [2.24, 2.45) is 5.84 Å². The number of rotatable bonds is 3. The van der Waals surface area contributed by atoms with Crippen LogP contribution >= 0.6 is 11.3 Å². The highest BCUT2D eigenvalue weighted by atomic mass is 32.1. The largest absolute Gasteiger partial charge is 0.294 e. The van der Waals surface area contributed by atoms with E-state index in [-0.39, 0.29) is 5.91 Å². The van der Waals surface area contributed by atoms with E-state index in [0.717, 1.165) is 15.2 Å². The zero-order valence-corrected chi connectivity index (χ0v) is 8.88. The minimum absolute atomic E-state index is 0.158. The SMILES string of the molecule is NNC(=O)CCc1nc2ccccc2s1. The summed E-state index contributed by atoms with van der Waals surface area (Å²) in [6, 6.07) is 7.94. The van der Waals surface area contributed by atoms with Crippen LogP contribution in [0.4, 0.5) is 0 Å². The van der Waals surface area contributed by atoms with Crippen LogP contribution in [-0.4, -0.2) is 10.9 Å². The second-order valence-electron chi connectivity index (χ2n) is 3.14. The summed E-state index contributed by atoms with van der Waals surface area (Å²) in [5, 5.41) is 0.972. The second kappa shape index (κ2) is 4.37. The van der Waals surface area contributed by atoms with Gasteiger partial charge in [0.1, 0.15) is 0 Å². The highest BCUT2D eigenvalue weighted by molar-refractivity contribution is 7.18. The van der Waals surface area contributed by atoms with Crippen molar-refractivity contribution < 1.29 is 4.79 Å². The average Bonchev–Trinajstić information content (AvgIpc) is 2.68. The van der Waals surface area contributed by atoms with Gasteiger partial charge in [0.05, 0.1) is 15.2 Å². The highest BCUT2D eigenvalue weighted by Gasteiger charge is 2.05. The van der Waals surface area contributed by atoms with Crippen LogP contribution in [0.1, 0.15) is 11.4 Å². The minimum atomic E-state index is -0.158. The third kappa shape index (κ3) is 2.31. The van der Waals surface area contributed by atoms with E-state index in [1.54, 1.807) is 11.3 Å².